The van der Waals surface area contributed by atoms with E-state index in [1.165, 1.54) is 6.26 Å². The van der Waals surface area contributed by atoms with Crippen LogP contribution in [0.1, 0.15) is 19.4 Å². The Hall–Kier alpha value is -0.870. The van der Waals surface area contributed by atoms with E-state index in [4.69, 9.17) is 0 Å². The number of benzene rings is 1. The molecule has 0 aromatic heterocycles. The molecule has 1 aromatic carbocycles. The van der Waals surface area contributed by atoms with Gasteiger partial charge in [-0.3, -0.25) is 0 Å². The summed E-state index contributed by atoms with van der Waals surface area (Å²) in [4.78, 5) is 0.315. The van der Waals surface area contributed by atoms with Crippen LogP contribution in [0.2, 0.25) is 0 Å². The maximum atomic E-state index is 11.5. The van der Waals surface area contributed by atoms with Crippen molar-refractivity contribution in [1.29, 1.82) is 0 Å². The van der Waals surface area contributed by atoms with E-state index in [1.54, 1.807) is 24.3 Å². The molecule has 1 aromatic rings. The van der Waals surface area contributed by atoms with Gasteiger partial charge in [-0.2, -0.15) is 0 Å². The highest BCUT2D eigenvalue weighted by atomic mass is 32.2. The third-order valence-electron chi connectivity index (χ3n) is 2.57. The summed E-state index contributed by atoms with van der Waals surface area (Å²) in [5.74, 6) is 0.118. The Kier molecular flexibility index (Phi) is 4.10. The van der Waals surface area contributed by atoms with Crippen molar-refractivity contribution in [3.63, 3.8) is 0 Å². The Morgan fingerprint density at radius 3 is 2.31 bits per heavy atom. The van der Waals surface area contributed by atoms with Crippen LogP contribution < -0.4 is 0 Å². The maximum Gasteiger partial charge on any atom is 0.175 e. The second-order valence-corrected chi connectivity index (χ2v) is 6.38. The van der Waals surface area contributed by atoms with Crippen LogP contribution in [0.25, 0.3) is 0 Å². The molecule has 0 amide bonds. The summed E-state index contributed by atoms with van der Waals surface area (Å²) in [6.45, 7) is 3.82. The molecular weight excluding hydrogens is 224 g/mol. The van der Waals surface area contributed by atoms with Gasteiger partial charge in [0.15, 0.2) is 9.84 Å². The van der Waals surface area contributed by atoms with Crippen molar-refractivity contribution < 1.29 is 13.5 Å². The molecule has 1 unspecified atom stereocenters. The quantitative estimate of drug-likeness (QED) is 0.873. The van der Waals surface area contributed by atoms with Gasteiger partial charge in [0.2, 0.25) is 0 Å². The topological polar surface area (TPSA) is 54.4 Å². The zero-order valence-electron chi connectivity index (χ0n) is 9.84. The van der Waals surface area contributed by atoms with Crippen molar-refractivity contribution >= 4 is 9.84 Å². The molecule has 0 bridgehead atoms. The van der Waals surface area contributed by atoms with Gasteiger partial charge in [0.05, 0.1) is 11.0 Å². The fourth-order valence-electron chi connectivity index (χ4n) is 1.50. The van der Waals surface area contributed by atoms with Gasteiger partial charge in [-0.25, -0.2) is 8.42 Å². The van der Waals surface area contributed by atoms with Crippen molar-refractivity contribution in [2.75, 3.05) is 6.26 Å². The number of aliphatic hydroxyl groups excluding tert-OH is 1. The molecule has 90 valence electrons. The summed E-state index contributed by atoms with van der Waals surface area (Å²) >= 11 is 0. The van der Waals surface area contributed by atoms with Crippen molar-refractivity contribution in [3.05, 3.63) is 29.8 Å². The van der Waals surface area contributed by atoms with Crippen molar-refractivity contribution in [2.45, 2.75) is 31.3 Å². The maximum absolute atomic E-state index is 11.5. The molecule has 0 aliphatic heterocycles. The molecule has 0 heterocycles. The standard InChI is InChI=1S/C12H18O3S/c1-9(2)11(13)8-10-6-4-5-7-12(10)16(3,14)15/h4-7,9,11,13H,8H2,1-3H3. The van der Waals surface area contributed by atoms with Crippen molar-refractivity contribution in [2.24, 2.45) is 5.92 Å². The van der Waals surface area contributed by atoms with Crippen LogP contribution in [0.5, 0.6) is 0 Å². The Balaban J connectivity index is 3.06. The molecule has 0 saturated heterocycles. The Morgan fingerprint density at radius 2 is 1.81 bits per heavy atom. The lowest BCUT2D eigenvalue weighted by Gasteiger charge is -2.16. The van der Waals surface area contributed by atoms with Gasteiger partial charge in [0, 0.05) is 6.26 Å². The minimum atomic E-state index is -3.22. The molecule has 0 aliphatic carbocycles. The van der Waals surface area contributed by atoms with Crippen LogP contribution in [0, 0.1) is 5.92 Å². The van der Waals surface area contributed by atoms with E-state index in [2.05, 4.69) is 0 Å². The third kappa shape index (κ3) is 3.32. The lowest BCUT2D eigenvalue weighted by molar-refractivity contribution is 0.125. The fraction of sp³-hybridized carbons (Fsp3) is 0.500. The SMILES string of the molecule is CC(C)C(O)Cc1ccccc1S(C)(=O)=O. The minimum absolute atomic E-state index is 0.118. The van der Waals surface area contributed by atoms with E-state index in [0.717, 1.165) is 0 Å². The molecule has 0 radical (unpaired) electrons. The lowest BCUT2D eigenvalue weighted by Crippen LogP contribution is -2.19. The first-order chi connectivity index (χ1) is 7.32. The molecule has 1 atom stereocenters. The highest BCUT2D eigenvalue weighted by Gasteiger charge is 2.16. The van der Waals surface area contributed by atoms with E-state index in [1.807, 2.05) is 13.8 Å². The molecule has 1 N–H and O–H groups in total. The number of hydrogen-bond acceptors (Lipinski definition) is 3. The number of sulfone groups is 1. The normalized spacial score (nSPS) is 14.1. The van der Waals surface area contributed by atoms with Gasteiger partial charge in [-0.15, -0.1) is 0 Å². The minimum Gasteiger partial charge on any atom is -0.393 e. The molecule has 1 rings (SSSR count). The van der Waals surface area contributed by atoms with Gasteiger partial charge >= 0.3 is 0 Å². The van der Waals surface area contributed by atoms with Crippen LogP contribution in [0.15, 0.2) is 29.2 Å². The monoisotopic (exact) mass is 242 g/mol. The predicted molar refractivity (Wildman–Crippen MR) is 64.1 cm³/mol. The predicted octanol–water partition coefficient (Wildman–Crippen LogP) is 1.65. The molecule has 0 saturated carbocycles. The average Bonchev–Trinajstić information content (AvgIpc) is 2.16. The first-order valence-electron chi connectivity index (χ1n) is 5.28. The summed E-state index contributed by atoms with van der Waals surface area (Å²) in [5.41, 5.74) is 0.686. The molecule has 0 fully saturated rings. The zero-order chi connectivity index (χ0) is 12.3. The number of hydrogen-bond donors (Lipinski definition) is 1. The second kappa shape index (κ2) is 4.97. The summed E-state index contributed by atoms with van der Waals surface area (Å²) in [5, 5.41) is 9.78. The van der Waals surface area contributed by atoms with E-state index in [9.17, 15) is 13.5 Å². The van der Waals surface area contributed by atoms with Gasteiger partial charge in [0.25, 0.3) is 0 Å². The van der Waals surface area contributed by atoms with Crippen LogP contribution in [0.4, 0.5) is 0 Å². The van der Waals surface area contributed by atoms with Gasteiger partial charge in [-0.1, -0.05) is 32.0 Å². The second-order valence-electron chi connectivity index (χ2n) is 4.40. The summed E-state index contributed by atoms with van der Waals surface area (Å²) in [6, 6.07) is 6.82. The smallest absolute Gasteiger partial charge is 0.175 e. The molecular formula is C12H18O3S. The molecule has 3 nitrogen and oxygen atoms in total. The largest absolute Gasteiger partial charge is 0.393 e. The van der Waals surface area contributed by atoms with Gasteiger partial charge < -0.3 is 5.11 Å². The summed E-state index contributed by atoms with van der Waals surface area (Å²) in [6.07, 6.45) is 1.05. The van der Waals surface area contributed by atoms with Crippen LogP contribution >= 0.6 is 0 Å². The molecule has 0 spiro atoms. The number of aliphatic hydroxyl groups is 1. The van der Waals surface area contributed by atoms with Crippen molar-refractivity contribution in [3.8, 4) is 0 Å². The fourth-order valence-corrected chi connectivity index (χ4v) is 2.45. The van der Waals surface area contributed by atoms with E-state index in [0.29, 0.717) is 16.9 Å². The van der Waals surface area contributed by atoms with Crippen LogP contribution in [0.3, 0.4) is 0 Å². The van der Waals surface area contributed by atoms with Crippen LogP contribution in [-0.2, 0) is 16.3 Å². The molecule has 16 heavy (non-hydrogen) atoms. The Bertz CT molecular complexity index is 449. The number of rotatable bonds is 4. The van der Waals surface area contributed by atoms with Crippen LogP contribution in [-0.4, -0.2) is 25.9 Å². The first kappa shape index (κ1) is 13.2. The van der Waals surface area contributed by atoms with E-state index < -0.39 is 15.9 Å². The molecule has 0 aliphatic rings. The van der Waals surface area contributed by atoms with Crippen molar-refractivity contribution in [1.82, 2.24) is 0 Å². The Morgan fingerprint density at radius 1 is 1.25 bits per heavy atom. The summed E-state index contributed by atoms with van der Waals surface area (Å²) in [7, 11) is -3.22. The third-order valence-corrected chi connectivity index (χ3v) is 3.77. The van der Waals surface area contributed by atoms with E-state index in [-0.39, 0.29) is 5.92 Å². The zero-order valence-corrected chi connectivity index (χ0v) is 10.7. The summed E-state index contributed by atoms with van der Waals surface area (Å²) < 4.78 is 23.0. The highest BCUT2D eigenvalue weighted by molar-refractivity contribution is 7.90. The highest BCUT2D eigenvalue weighted by Crippen LogP contribution is 2.18. The lowest BCUT2D eigenvalue weighted by atomic mass is 9.99. The van der Waals surface area contributed by atoms with Gasteiger partial charge in [-0.05, 0) is 24.0 Å². The first-order valence-corrected chi connectivity index (χ1v) is 7.17. The average molecular weight is 242 g/mol. The van der Waals surface area contributed by atoms with Gasteiger partial charge in [0.1, 0.15) is 0 Å². The molecule has 4 heteroatoms. The Labute approximate surface area is 97.0 Å². The van der Waals surface area contributed by atoms with E-state index >= 15 is 0 Å².